The molecule has 0 spiro atoms. The summed E-state index contributed by atoms with van der Waals surface area (Å²) in [6.45, 7) is -0.158. The Morgan fingerprint density at radius 2 is 2.44 bits per heavy atom. The zero-order chi connectivity index (χ0) is 11.7. The van der Waals surface area contributed by atoms with E-state index in [1.165, 1.54) is 16.8 Å². The van der Waals surface area contributed by atoms with Gasteiger partial charge in [0.1, 0.15) is 12.0 Å². The summed E-state index contributed by atoms with van der Waals surface area (Å²) in [7, 11) is 0. The van der Waals surface area contributed by atoms with Crippen molar-refractivity contribution in [3.8, 4) is 0 Å². The second-order valence-electron chi connectivity index (χ2n) is 3.75. The van der Waals surface area contributed by atoms with E-state index in [0.29, 0.717) is 6.42 Å². The molecule has 0 amide bonds. The predicted octanol–water partition coefficient (Wildman–Crippen LogP) is -1.57. The molecule has 0 unspecified atom stereocenters. The molecule has 0 aliphatic carbocycles. The van der Waals surface area contributed by atoms with Crippen molar-refractivity contribution in [2.45, 2.75) is 24.8 Å². The number of ether oxygens (including phenoxy) is 1. The van der Waals surface area contributed by atoms with Gasteiger partial charge >= 0.3 is 5.69 Å². The Kier molecular flexibility index (Phi) is 2.90. The Morgan fingerprint density at radius 3 is 3.00 bits per heavy atom. The van der Waals surface area contributed by atoms with Gasteiger partial charge in [-0.3, -0.25) is 4.57 Å². The molecule has 0 radical (unpaired) electrons. The number of rotatable bonds is 2. The van der Waals surface area contributed by atoms with Crippen LogP contribution in [-0.2, 0) is 4.74 Å². The molecule has 1 aliphatic rings. The van der Waals surface area contributed by atoms with Crippen LogP contribution in [0.15, 0.2) is 17.1 Å². The highest BCUT2D eigenvalue weighted by Crippen LogP contribution is 2.25. The third-order valence-corrected chi connectivity index (χ3v) is 2.62. The van der Waals surface area contributed by atoms with E-state index in [9.17, 15) is 4.79 Å². The Hall–Kier alpha value is -1.44. The van der Waals surface area contributed by atoms with E-state index in [-0.39, 0.29) is 18.5 Å². The lowest BCUT2D eigenvalue weighted by atomic mass is 10.1. The highest BCUT2D eigenvalue weighted by atomic mass is 16.5. The molecular weight excluding hydrogens is 212 g/mol. The molecule has 1 aromatic heterocycles. The molecule has 5 N–H and O–H groups in total. The lowest BCUT2D eigenvalue weighted by Gasteiger charge is -2.14. The summed E-state index contributed by atoms with van der Waals surface area (Å²) in [4.78, 5) is 15.1. The van der Waals surface area contributed by atoms with Crippen LogP contribution in [0, 0.1) is 0 Å². The van der Waals surface area contributed by atoms with Crippen LogP contribution in [0.5, 0.6) is 0 Å². The Balaban J connectivity index is 2.23. The highest BCUT2D eigenvalue weighted by molar-refractivity contribution is 5.23. The summed E-state index contributed by atoms with van der Waals surface area (Å²) in [5.74, 6) is 0.169. The van der Waals surface area contributed by atoms with Crippen molar-refractivity contribution in [2.75, 3.05) is 12.3 Å². The molecule has 3 atom stereocenters. The molecule has 1 fully saturated rings. The van der Waals surface area contributed by atoms with Gasteiger partial charge < -0.3 is 21.3 Å². The third kappa shape index (κ3) is 1.92. The molecule has 1 saturated heterocycles. The van der Waals surface area contributed by atoms with Crippen molar-refractivity contribution in [3.63, 3.8) is 0 Å². The van der Waals surface area contributed by atoms with Gasteiger partial charge in [0.15, 0.2) is 0 Å². The number of aromatic nitrogens is 2. The summed E-state index contributed by atoms with van der Waals surface area (Å²) < 4.78 is 6.76. The Morgan fingerprint density at radius 1 is 1.69 bits per heavy atom. The number of nitrogen functional groups attached to an aromatic ring is 1. The van der Waals surface area contributed by atoms with Crippen molar-refractivity contribution < 1.29 is 9.84 Å². The minimum absolute atomic E-state index is 0.158. The zero-order valence-electron chi connectivity index (χ0n) is 8.61. The lowest BCUT2D eigenvalue weighted by Crippen LogP contribution is -2.32. The first-order chi connectivity index (χ1) is 7.61. The normalized spacial score (nSPS) is 29.5. The summed E-state index contributed by atoms with van der Waals surface area (Å²) in [6, 6.07) is 1.24. The van der Waals surface area contributed by atoms with Crippen LogP contribution in [-0.4, -0.2) is 33.4 Å². The molecule has 0 bridgehead atoms. The van der Waals surface area contributed by atoms with E-state index in [0.717, 1.165) is 0 Å². The lowest BCUT2D eigenvalue weighted by molar-refractivity contribution is -0.0270. The van der Waals surface area contributed by atoms with Crippen molar-refractivity contribution >= 4 is 5.82 Å². The number of hydrogen-bond acceptors (Lipinski definition) is 6. The van der Waals surface area contributed by atoms with Gasteiger partial charge in [-0.25, -0.2) is 4.79 Å². The van der Waals surface area contributed by atoms with Gasteiger partial charge in [-0.1, -0.05) is 0 Å². The maximum Gasteiger partial charge on any atom is 0.351 e. The molecule has 0 saturated carbocycles. The fraction of sp³-hybridized carbons (Fsp3) is 0.556. The molecule has 1 aromatic rings. The molecule has 2 heterocycles. The second kappa shape index (κ2) is 4.20. The maximum atomic E-state index is 11.5. The highest BCUT2D eigenvalue weighted by Gasteiger charge is 2.33. The van der Waals surface area contributed by atoms with Crippen LogP contribution in [0.1, 0.15) is 12.6 Å². The van der Waals surface area contributed by atoms with E-state index in [2.05, 4.69) is 4.98 Å². The first kappa shape index (κ1) is 11.1. The van der Waals surface area contributed by atoms with E-state index >= 15 is 0 Å². The summed E-state index contributed by atoms with van der Waals surface area (Å²) in [6.07, 6.45) is 1.07. The average molecular weight is 226 g/mol. The molecule has 88 valence electrons. The number of nitrogens with zero attached hydrogens (tertiary/aromatic N) is 2. The van der Waals surface area contributed by atoms with E-state index in [1.807, 2.05) is 0 Å². The first-order valence-corrected chi connectivity index (χ1v) is 4.98. The van der Waals surface area contributed by atoms with Crippen LogP contribution in [0.4, 0.5) is 5.82 Å². The fourth-order valence-corrected chi connectivity index (χ4v) is 1.75. The molecule has 7 heteroatoms. The van der Waals surface area contributed by atoms with Crippen molar-refractivity contribution in [1.82, 2.24) is 9.55 Å². The molecular formula is C9H14N4O3. The van der Waals surface area contributed by atoms with E-state index in [4.69, 9.17) is 21.3 Å². The van der Waals surface area contributed by atoms with Crippen LogP contribution in [0.25, 0.3) is 0 Å². The van der Waals surface area contributed by atoms with Gasteiger partial charge in [0.2, 0.25) is 0 Å². The predicted molar refractivity (Wildman–Crippen MR) is 56.5 cm³/mol. The van der Waals surface area contributed by atoms with Crippen molar-refractivity contribution in [2.24, 2.45) is 5.73 Å². The number of anilines is 1. The molecule has 0 aromatic carbocycles. The van der Waals surface area contributed by atoms with Gasteiger partial charge in [0.05, 0.1) is 12.7 Å². The van der Waals surface area contributed by atoms with Gasteiger partial charge in [-0.2, -0.15) is 4.98 Å². The number of nitrogens with two attached hydrogens (primary N) is 2. The summed E-state index contributed by atoms with van der Waals surface area (Å²) in [5, 5.41) is 8.99. The van der Waals surface area contributed by atoms with Crippen LogP contribution < -0.4 is 17.2 Å². The molecule has 2 rings (SSSR count). The number of aliphatic hydroxyl groups is 1. The van der Waals surface area contributed by atoms with Gasteiger partial charge in [-0.15, -0.1) is 0 Å². The Labute approximate surface area is 91.6 Å². The van der Waals surface area contributed by atoms with Gasteiger partial charge in [0, 0.05) is 18.7 Å². The van der Waals surface area contributed by atoms with E-state index in [1.54, 1.807) is 0 Å². The van der Waals surface area contributed by atoms with Gasteiger partial charge in [0.25, 0.3) is 0 Å². The number of aliphatic hydroxyl groups excluding tert-OH is 1. The van der Waals surface area contributed by atoms with Gasteiger partial charge in [-0.05, 0) is 6.07 Å². The van der Waals surface area contributed by atoms with E-state index < -0.39 is 18.0 Å². The van der Waals surface area contributed by atoms with Crippen LogP contribution in [0.2, 0.25) is 0 Å². The minimum atomic E-state index is -0.479. The monoisotopic (exact) mass is 226 g/mol. The molecule has 16 heavy (non-hydrogen) atoms. The second-order valence-corrected chi connectivity index (χ2v) is 3.75. The molecule has 7 nitrogen and oxygen atoms in total. The number of hydrogen-bond donors (Lipinski definition) is 3. The minimum Gasteiger partial charge on any atom is -0.394 e. The Bertz CT molecular complexity index is 433. The van der Waals surface area contributed by atoms with Crippen molar-refractivity contribution in [1.29, 1.82) is 0 Å². The zero-order valence-corrected chi connectivity index (χ0v) is 8.61. The average Bonchev–Trinajstić information content (AvgIpc) is 2.59. The van der Waals surface area contributed by atoms with Crippen LogP contribution in [0.3, 0.4) is 0 Å². The fourth-order valence-electron chi connectivity index (χ4n) is 1.75. The maximum absolute atomic E-state index is 11.5. The van der Waals surface area contributed by atoms with Crippen molar-refractivity contribution in [3.05, 3.63) is 22.7 Å². The quantitative estimate of drug-likeness (QED) is 0.561. The summed E-state index contributed by atoms with van der Waals surface area (Å²) in [5.41, 5.74) is 10.7. The smallest absolute Gasteiger partial charge is 0.351 e. The standard InChI is InChI=1S/C9H14N4O3/c10-5-3-8(16-6(5)4-14)13-2-1-7(11)12-9(13)15/h1-2,5-6,8,14H,3-4,10H2,(H2,11,12,15)/t5-,6-,8+/m0/s1. The third-order valence-electron chi connectivity index (χ3n) is 2.62. The topological polar surface area (TPSA) is 116 Å². The first-order valence-electron chi connectivity index (χ1n) is 4.98. The largest absolute Gasteiger partial charge is 0.394 e. The molecule has 1 aliphatic heterocycles. The van der Waals surface area contributed by atoms with Crippen LogP contribution >= 0.6 is 0 Å². The summed E-state index contributed by atoms with van der Waals surface area (Å²) >= 11 is 0. The SMILES string of the molecule is Nc1ccn([C@H]2C[C@H](N)[C@H](CO)O2)c(=O)n1.